The Hall–Kier alpha value is -2.77. The van der Waals surface area contributed by atoms with Crippen molar-refractivity contribution >= 4 is 29.3 Å². The molecular formula is C21H21ClN2O2. The zero-order valence-corrected chi connectivity index (χ0v) is 15.9. The van der Waals surface area contributed by atoms with Gasteiger partial charge in [-0.15, -0.1) is 0 Å². The molecule has 0 aliphatic heterocycles. The van der Waals surface area contributed by atoms with Gasteiger partial charge in [0.2, 0.25) is 0 Å². The summed E-state index contributed by atoms with van der Waals surface area (Å²) >= 11 is 6.20. The van der Waals surface area contributed by atoms with Crippen molar-refractivity contribution in [1.29, 1.82) is 5.26 Å². The highest BCUT2D eigenvalue weighted by Crippen LogP contribution is 2.27. The highest BCUT2D eigenvalue weighted by Gasteiger charge is 2.11. The monoisotopic (exact) mass is 368 g/mol. The molecule has 2 aromatic carbocycles. The molecule has 1 amide bonds. The van der Waals surface area contributed by atoms with E-state index in [1.807, 2.05) is 45.0 Å². The van der Waals surface area contributed by atoms with Crippen molar-refractivity contribution in [1.82, 2.24) is 0 Å². The second kappa shape index (κ2) is 9.07. The number of halogens is 1. The Labute approximate surface area is 159 Å². The molecule has 0 bridgehead atoms. The van der Waals surface area contributed by atoms with Gasteiger partial charge in [-0.3, -0.25) is 4.79 Å². The Bertz CT molecular complexity index is 882. The minimum absolute atomic E-state index is 0.00303. The maximum absolute atomic E-state index is 12.4. The van der Waals surface area contributed by atoms with Crippen molar-refractivity contribution in [3.8, 4) is 11.8 Å². The predicted octanol–water partition coefficient (Wildman–Crippen LogP) is 5.29. The van der Waals surface area contributed by atoms with E-state index in [2.05, 4.69) is 5.32 Å². The van der Waals surface area contributed by atoms with E-state index in [4.69, 9.17) is 16.3 Å². The summed E-state index contributed by atoms with van der Waals surface area (Å²) in [7, 11) is 0. The maximum atomic E-state index is 12.4. The van der Waals surface area contributed by atoms with Crippen LogP contribution < -0.4 is 10.1 Å². The second-order valence-corrected chi connectivity index (χ2v) is 6.39. The Kier molecular flexibility index (Phi) is 6.82. The first kappa shape index (κ1) is 19.6. The maximum Gasteiger partial charge on any atom is 0.266 e. The lowest BCUT2D eigenvalue weighted by molar-refractivity contribution is -0.112. The van der Waals surface area contributed by atoms with Crippen LogP contribution in [0.3, 0.4) is 0 Å². The molecule has 2 rings (SSSR count). The number of ether oxygens (including phenoxy) is 1. The average Bonchev–Trinajstić information content (AvgIpc) is 2.61. The average molecular weight is 369 g/mol. The van der Waals surface area contributed by atoms with Gasteiger partial charge in [-0.25, -0.2) is 0 Å². The van der Waals surface area contributed by atoms with Crippen molar-refractivity contribution in [3.63, 3.8) is 0 Å². The first-order valence-corrected chi connectivity index (χ1v) is 8.75. The van der Waals surface area contributed by atoms with Crippen molar-refractivity contribution < 1.29 is 9.53 Å². The molecule has 0 aliphatic rings. The van der Waals surface area contributed by atoms with E-state index >= 15 is 0 Å². The van der Waals surface area contributed by atoms with Crippen LogP contribution >= 0.6 is 11.6 Å². The van der Waals surface area contributed by atoms with Gasteiger partial charge in [0.05, 0.1) is 11.6 Å². The molecule has 0 aromatic heterocycles. The Morgan fingerprint density at radius 2 is 2.04 bits per heavy atom. The zero-order chi connectivity index (χ0) is 19.1. The smallest absolute Gasteiger partial charge is 0.266 e. The molecule has 0 fully saturated rings. The number of amides is 1. The number of hydrogen-bond donors (Lipinski definition) is 1. The molecule has 0 unspecified atom stereocenters. The number of anilines is 1. The molecule has 0 heterocycles. The van der Waals surface area contributed by atoms with Crippen LogP contribution in [0.5, 0.6) is 5.75 Å². The Morgan fingerprint density at radius 3 is 2.65 bits per heavy atom. The van der Waals surface area contributed by atoms with Crippen molar-refractivity contribution in [2.75, 3.05) is 11.9 Å². The molecule has 0 spiro atoms. The second-order valence-electron chi connectivity index (χ2n) is 5.98. The van der Waals surface area contributed by atoms with E-state index in [9.17, 15) is 10.1 Å². The van der Waals surface area contributed by atoms with Crippen molar-refractivity contribution in [2.24, 2.45) is 0 Å². The third kappa shape index (κ3) is 5.11. The number of rotatable bonds is 6. The third-order valence-corrected chi connectivity index (χ3v) is 4.02. The van der Waals surface area contributed by atoms with Crippen LogP contribution in [-0.4, -0.2) is 12.5 Å². The Balaban J connectivity index is 2.20. The van der Waals surface area contributed by atoms with Gasteiger partial charge in [-0.2, -0.15) is 5.26 Å². The van der Waals surface area contributed by atoms with Gasteiger partial charge >= 0.3 is 0 Å². The van der Waals surface area contributed by atoms with E-state index in [1.165, 1.54) is 6.08 Å². The zero-order valence-electron chi connectivity index (χ0n) is 15.1. The summed E-state index contributed by atoms with van der Waals surface area (Å²) in [5, 5.41) is 12.6. The summed E-state index contributed by atoms with van der Waals surface area (Å²) in [5.74, 6) is 0.130. The van der Waals surface area contributed by atoms with Crippen LogP contribution in [0.1, 0.15) is 30.0 Å². The minimum Gasteiger partial charge on any atom is -0.492 e. The lowest BCUT2D eigenvalue weighted by Crippen LogP contribution is -2.14. The summed E-state index contributed by atoms with van der Waals surface area (Å²) in [6.07, 6.45) is 2.39. The Morgan fingerprint density at radius 1 is 1.27 bits per heavy atom. The molecule has 0 atom stereocenters. The topological polar surface area (TPSA) is 62.1 Å². The molecule has 0 aliphatic carbocycles. The van der Waals surface area contributed by atoms with E-state index in [1.54, 1.807) is 18.2 Å². The number of nitrogens with one attached hydrogen (secondary N) is 1. The quantitative estimate of drug-likeness (QED) is 0.556. The largest absolute Gasteiger partial charge is 0.492 e. The van der Waals surface area contributed by atoms with E-state index in [-0.39, 0.29) is 5.57 Å². The molecule has 134 valence electrons. The summed E-state index contributed by atoms with van der Waals surface area (Å²) in [5.41, 5.74) is 3.39. The molecule has 5 heteroatoms. The van der Waals surface area contributed by atoms with Crippen LogP contribution in [0.2, 0.25) is 5.02 Å². The molecular weight excluding hydrogens is 348 g/mol. The molecule has 26 heavy (non-hydrogen) atoms. The van der Waals surface area contributed by atoms with Gasteiger partial charge in [-0.1, -0.05) is 42.3 Å². The van der Waals surface area contributed by atoms with Crippen LogP contribution in [-0.2, 0) is 4.79 Å². The number of aryl methyl sites for hydroxylation is 2. The van der Waals surface area contributed by atoms with E-state index < -0.39 is 5.91 Å². The van der Waals surface area contributed by atoms with Gasteiger partial charge in [0.1, 0.15) is 17.4 Å². The molecule has 1 N–H and O–H groups in total. The summed E-state index contributed by atoms with van der Waals surface area (Å²) < 4.78 is 5.52. The normalized spacial score (nSPS) is 11.0. The fraction of sp³-hybridized carbons (Fsp3) is 0.238. The van der Waals surface area contributed by atoms with Gasteiger partial charge < -0.3 is 10.1 Å². The van der Waals surface area contributed by atoms with Crippen LogP contribution in [0, 0.1) is 25.2 Å². The fourth-order valence-electron chi connectivity index (χ4n) is 2.39. The fourth-order valence-corrected chi connectivity index (χ4v) is 2.64. The lowest BCUT2D eigenvalue weighted by atomic mass is 10.1. The summed E-state index contributed by atoms with van der Waals surface area (Å²) in [4.78, 5) is 12.4. The van der Waals surface area contributed by atoms with E-state index in [0.29, 0.717) is 28.6 Å². The van der Waals surface area contributed by atoms with Crippen LogP contribution in [0.4, 0.5) is 5.69 Å². The molecule has 2 aromatic rings. The number of carbonyl (C=O) groups excluding carboxylic acids is 1. The molecule has 4 nitrogen and oxygen atoms in total. The highest BCUT2D eigenvalue weighted by molar-refractivity contribution is 6.32. The summed E-state index contributed by atoms with van der Waals surface area (Å²) in [6.45, 7) is 6.49. The van der Waals surface area contributed by atoms with Gasteiger partial charge in [0.15, 0.2) is 0 Å². The van der Waals surface area contributed by atoms with Gasteiger partial charge in [-0.05, 0) is 55.7 Å². The van der Waals surface area contributed by atoms with Crippen molar-refractivity contribution in [2.45, 2.75) is 27.2 Å². The first-order valence-electron chi connectivity index (χ1n) is 8.37. The van der Waals surface area contributed by atoms with E-state index in [0.717, 1.165) is 17.5 Å². The molecule has 0 saturated heterocycles. The number of carbonyl (C=O) groups is 1. The van der Waals surface area contributed by atoms with Crippen LogP contribution in [0.15, 0.2) is 42.0 Å². The SMILES string of the molecule is CCCOc1ccc(/C=C(\C#N)C(=O)Nc2ccc(C)cc2C)cc1Cl. The summed E-state index contributed by atoms with van der Waals surface area (Å²) in [6, 6.07) is 12.8. The van der Waals surface area contributed by atoms with Gasteiger partial charge in [0, 0.05) is 5.69 Å². The predicted molar refractivity (Wildman–Crippen MR) is 105 cm³/mol. The number of hydrogen-bond acceptors (Lipinski definition) is 3. The third-order valence-electron chi connectivity index (χ3n) is 3.72. The van der Waals surface area contributed by atoms with Crippen LogP contribution in [0.25, 0.3) is 6.08 Å². The molecule has 0 saturated carbocycles. The number of benzene rings is 2. The lowest BCUT2D eigenvalue weighted by Gasteiger charge is -2.09. The minimum atomic E-state index is -0.457. The number of nitriles is 1. The van der Waals surface area contributed by atoms with Crippen molar-refractivity contribution in [3.05, 3.63) is 63.7 Å². The van der Waals surface area contributed by atoms with Gasteiger partial charge in [0.25, 0.3) is 5.91 Å². The number of nitrogens with zero attached hydrogens (tertiary/aromatic N) is 1. The first-order chi connectivity index (χ1) is 12.4. The standard InChI is InChI=1S/C21H21ClN2O2/c1-4-9-26-20-8-6-16(12-18(20)22)11-17(13-23)21(25)24-19-7-5-14(2)10-15(19)3/h5-8,10-12H,4,9H2,1-3H3,(H,24,25)/b17-11+. The molecule has 0 radical (unpaired) electrons. The highest BCUT2D eigenvalue weighted by atomic mass is 35.5.